The largest absolute Gasteiger partial charge is 0.384 e. The summed E-state index contributed by atoms with van der Waals surface area (Å²) in [5, 5.41) is 2.07. The monoisotopic (exact) mass is 265 g/mol. The van der Waals surface area contributed by atoms with Crippen LogP contribution in [0.3, 0.4) is 0 Å². The molecule has 1 atom stereocenters. The predicted molar refractivity (Wildman–Crippen MR) is 64.0 cm³/mol. The Morgan fingerprint density at radius 1 is 1.69 bits per heavy atom. The molecule has 1 rings (SSSR count). The molecule has 8 heteroatoms. The molecule has 0 radical (unpaired) electrons. The summed E-state index contributed by atoms with van der Waals surface area (Å²) in [6, 6.07) is -0.200. The summed E-state index contributed by atoms with van der Waals surface area (Å²) in [5.41, 5.74) is 6.29. The molecule has 16 heavy (non-hydrogen) atoms. The van der Waals surface area contributed by atoms with Gasteiger partial charge in [-0.25, -0.2) is 13.4 Å². The molecule has 0 aliphatic heterocycles. The van der Waals surface area contributed by atoms with Crippen LogP contribution in [0.2, 0.25) is 0 Å². The number of ether oxygens (including phenoxy) is 1. The van der Waals surface area contributed by atoms with Gasteiger partial charge >= 0.3 is 0 Å². The average Bonchev–Trinajstić information content (AvgIpc) is 2.62. The first-order chi connectivity index (χ1) is 7.44. The fraction of sp³-hybridized carbons (Fsp3) is 0.625. The first kappa shape index (κ1) is 13.4. The number of hydrogen-bond donors (Lipinski definition) is 2. The predicted octanol–water partition coefficient (Wildman–Crippen LogP) is 0.551. The Balaban J connectivity index is 2.65. The van der Waals surface area contributed by atoms with Gasteiger partial charge in [-0.3, -0.25) is 4.72 Å². The van der Waals surface area contributed by atoms with Gasteiger partial charge in [0, 0.05) is 18.5 Å². The Morgan fingerprint density at radius 2 is 2.38 bits per heavy atom. The van der Waals surface area contributed by atoms with E-state index in [0.29, 0.717) is 10.8 Å². The van der Waals surface area contributed by atoms with Gasteiger partial charge < -0.3 is 10.5 Å². The van der Waals surface area contributed by atoms with Crippen LogP contribution < -0.4 is 10.5 Å². The summed E-state index contributed by atoms with van der Waals surface area (Å²) in [6.07, 6.45) is 0. The molecule has 1 aromatic rings. The van der Waals surface area contributed by atoms with Crippen LogP contribution in [0.1, 0.15) is 18.7 Å². The number of nitrogens with zero attached hydrogens (tertiary/aromatic N) is 1. The van der Waals surface area contributed by atoms with Crippen molar-refractivity contribution in [2.45, 2.75) is 13.0 Å². The quantitative estimate of drug-likeness (QED) is 0.783. The zero-order chi connectivity index (χ0) is 12.2. The van der Waals surface area contributed by atoms with Gasteiger partial charge in [-0.15, -0.1) is 11.3 Å². The van der Waals surface area contributed by atoms with Gasteiger partial charge in [0.1, 0.15) is 0 Å². The smallest absolute Gasteiger partial charge is 0.236 e. The first-order valence-corrected chi connectivity index (χ1v) is 7.18. The molecule has 0 fully saturated rings. The third-order valence-corrected chi connectivity index (χ3v) is 3.90. The highest BCUT2D eigenvalue weighted by Gasteiger charge is 2.13. The van der Waals surface area contributed by atoms with E-state index in [1.165, 1.54) is 18.4 Å². The van der Waals surface area contributed by atoms with Crippen molar-refractivity contribution in [3.63, 3.8) is 0 Å². The SMILES string of the molecule is COCCS(=O)(=O)Nc1nc(C(C)N)cs1. The summed E-state index contributed by atoms with van der Waals surface area (Å²) in [5.74, 6) is -0.0867. The van der Waals surface area contributed by atoms with Crippen LogP contribution in [0.5, 0.6) is 0 Å². The molecule has 0 aliphatic rings. The number of sulfonamides is 1. The normalized spacial score (nSPS) is 13.7. The van der Waals surface area contributed by atoms with E-state index < -0.39 is 10.0 Å². The zero-order valence-corrected chi connectivity index (χ0v) is 10.8. The molecule has 1 unspecified atom stereocenters. The Bertz CT molecular complexity index is 427. The van der Waals surface area contributed by atoms with Gasteiger partial charge in [0.25, 0.3) is 0 Å². The van der Waals surface area contributed by atoms with Crippen LogP contribution in [0, 0.1) is 0 Å². The number of nitrogens with two attached hydrogens (primary N) is 1. The lowest BCUT2D eigenvalue weighted by Gasteiger charge is -2.04. The van der Waals surface area contributed by atoms with E-state index in [4.69, 9.17) is 10.5 Å². The van der Waals surface area contributed by atoms with Crippen LogP contribution in [-0.4, -0.2) is 32.9 Å². The molecule has 3 N–H and O–H groups in total. The fourth-order valence-corrected chi connectivity index (χ4v) is 2.95. The van der Waals surface area contributed by atoms with Gasteiger partial charge in [-0.2, -0.15) is 0 Å². The van der Waals surface area contributed by atoms with Crippen molar-refractivity contribution in [3.8, 4) is 0 Å². The maximum atomic E-state index is 11.5. The van der Waals surface area contributed by atoms with Crippen LogP contribution >= 0.6 is 11.3 Å². The Morgan fingerprint density at radius 3 is 2.88 bits per heavy atom. The molecule has 0 saturated carbocycles. The minimum absolute atomic E-state index is 0.0867. The minimum Gasteiger partial charge on any atom is -0.384 e. The molecule has 0 amide bonds. The van der Waals surface area contributed by atoms with Gasteiger partial charge in [0.15, 0.2) is 5.13 Å². The van der Waals surface area contributed by atoms with E-state index in [-0.39, 0.29) is 18.4 Å². The van der Waals surface area contributed by atoms with Gasteiger partial charge in [0.2, 0.25) is 10.0 Å². The number of rotatable bonds is 6. The van der Waals surface area contributed by atoms with Gasteiger partial charge in [0.05, 0.1) is 18.1 Å². The Labute approximate surface area is 98.9 Å². The van der Waals surface area contributed by atoms with Crippen LogP contribution in [0.15, 0.2) is 5.38 Å². The molecular weight excluding hydrogens is 250 g/mol. The Hall–Kier alpha value is -0.700. The fourth-order valence-electron chi connectivity index (χ4n) is 0.919. The molecule has 92 valence electrons. The highest BCUT2D eigenvalue weighted by molar-refractivity contribution is 7.92. The summed E-state index contributed by atoms with van der Waals surface area (Å²) in [6.45, 7) is 1.94. The second-order valence-electron chi connectivity index (χ2n) is 3.28. The maximum absolute atomic E-state index is 11.5. The Kier molecular flexibility index (Phi) is 4.66. The highest BCUT2D eigenvalue weighted by Crippen LogP contribution is 2.20. The summed E-state index contributed by atoms with van der Waals surface area (Å²) in [4.78, 5) is 4.07. The lowest BCUT2D eigenvalue weighted by atomic mass is 10.3. The van der Waals surface area contributed by atoms with Crippen molar-refractivity contribution in [2.24, 2.45) is 5.73 Å². The van der Waals surface area contributed by atoms with Crippen molar-refractivity contribution in [1.82, 2.24) is 4.98 Å². The number of nitrogens with one attached hydrogen (secondary N) is 1. The van der Waals surface area contributed by atoms with Crippen molar-refractivity contribution < 1.29 is 13.2 Å². The third-order valence-electron chi connectivity index (χ3n) is 1.79. The molecule has 1 aromatic heterocycles. The molecular formula is C8H15N3O3S2. The molecule has 1 heterocycles. The van der Waals surface area contributed by atoms with E-state index in [1.54, 1.807) is 12.3 Å². The lowest BCUT2D eigenvalue weighted by Crippen LogP contribution is -2.19. The van der Waals surface area contributed by atoms with Crippen LogP contribution in [0.4, 0.5) is 5.13 Å². The second kappa shape index (κ2) is 5.58. The van der Waals surface area contributed by atoms with Crippen LogP contribution in [0.25, 0.3) is 0 Å². The molecule has 0 spiro atoms. The minimum atomic E-state index is -3.38. The summed E-state index contributed by atoms with van der Waals surface area (Å²) < 4.78 is 30.0. The van der Waals surface area contributed by atoms with Crippen LogP contribution in [-0.2, 0) is 14.8 Å². The highest BCUT2D eigenvalue weighted by atomic mass is 32.2. The summed E-state index contributed by atoms with van der Waals surface area (Å²) >= 11 is 1.22. The zero-order valence-electron chi connectivity index (χ0n) is 9.13. The molecule has 0 saturated heterocycles. The van der Waals surface area contributed by atoms with Crippen molar-refractivity contribution >= 4 is 26.5 Å². The molecule has 0 aliphatic carbocycles. The van der Waals surface area contributed by atoms with E-state index in [0.717, 1.165) is 0 Å². The first-order valence-electron chi connectivity index (χ1n) is 4.65. The van der Waals surface area contributed by atoms with E-state index in [9.17, 15) is 8.42 Å². The van der Waals surface area contributed by atoms with Crippen molar-refractivity contribution in [3.05, 3.63) is 11.1 Å². The second-order valence-corrected chi connectivity index (χ2v) is 5.98. The van der Waals surface area contributed by atoms with Crippen molar-refractivity contribution in [1.29, 1.82) is 0 Å². The molecule has 0 bridgehead atoms. The number of aromatic nitrogens is 1. The number of thiazole rings is 1. The number of methoxy groups -OCH3 is 1. The third kappa shape index (κ3) is 4.05. The topological polar surface area (TPSA) is 94.3 Å². The molecule has 6 nitrogen and oxygen atoms in total. The molecule has 0 aromatic carbocycles. The standard InChI is InChI=1S/C8H15N3O3S2/c1-6(9)7-5-15-8(10-7)11-16(12,13)4-3-14-2/h5-6H,3-4,9H2,1-2H3,(H,10,11). The number of hydrogen-bond acceptors (Lipinski definition) is 6. The number of anilines is 1. The maximum Gasteiger partial charge on any atom is 0.236 e. The van der Waals surface area contributed by atoms with E-state index in [2.05, 4.69) is 9.71 Å². The van der Waals surface area contributed by atoms with E-state index >= 15 is 0 Å². The van der Waals surface area contributed by atoms with Crippen molar-refractivity contribution in [2.75, 3.05) is 24.2 Å². The lowest BCUT2D eigenvalue weighted by molar-refractivity contribution is 0.217. The summed E-state index contributed by atoms with van der Waals surface area (Å²) in [7, 11) is -1.93. The van der Waals surface area contributed by atoms with E-state index in [1.807, 2.05) is 0 Å². The average molecular weight is 265 g/mol. The van der Waals surface area contributed by atoms with Gasteiger partial charge in [-0.1, -0.05) is 0 Å². The van der Waals surface area contributed by atoms with Gasteiger partial charge in [-0.05, 0) is 6.92 Å².